The van der Waals surface area contributed by atoms with Gasteiger partial charge in [-0.1, -0.05) is 13.3 Å². The molecule has 1 aromatic rings. The number of benzene rings is 1. The summed E-state index contributed by atoms with van der Waals surface area (Å²) in [5.41, 5.74) is 6.55. The SMILES string of the molecule is CCCC(C)Nc1cc(C(N)=O)ccc1OC. The number of ether oxygens (including phenoxy) is 1. The van der Waals surface area contributed by atoms with Crippen LogP contribution in [0.2, 0.25) is 0 Å². The number of nitrogens with two attached hydrogens (primary N) is 1. The number of carbonyl (C=O) groups excluding carboxylic acids is 1. The van der Waals surface area contributed by atoms with Crippen LogP contribution in [-0.2, 0) is 0 Å². The summed E-state index contributed by atoms with van der Waals surface area (Å²) in [5, 5.41) is 3.32. The molecule has 0 heterocycles. The summed E-state index contributed by atoms with van der Waals surface area (Å²) in [6.45, 7) is 4.23. The van der Waals surface area contributed by atoms with Crippen LogP contribution in [0.25, 0.3) is 0 Å². The Morgan fingerprint density at radius 3 is 2.76 bits per heavy atom. The molecule has 0 bridgehead atoms. The van der Waals surface area contributed by atoms with Crippen molar-refractivity contribution in [2.45, 2.75) is 32.7 Å². The predicted octanol–water partition coefficient (Wildman–Crippen LogP) is 2.39. The summed E-state index contributed by atoms with van der Waals surface area (Å²) in [6, 6.07) is 5.47. The first-order valence-corrected chi connectivity index (χ1v) is 5.82. The molecule has 0 aromatic heterocycles. The molecule has 0 saturated heterocycles. The van der Waals surface area contributed by atoms with E-state index in [1.54, 1.807) is 25.3 Å². The molecule has 1 aromatic carbocycles. The Balaban J connectivity index is 2.93. The highest BCUT2D eigenvalue weighted by atomic mass is 16.5. The van der Waals surface area contributed by atoms with Gasteiger partial charge in [0.25, 0.3) is 0 Å². The van der Waals surface area contributed by atoms with Gasteiger partial charge in [0.15, 0.2) is 0 Å². The van der Waals surface area contributed by atoms with E-state index in [9.17, 15) is 4.79 Å². The molecule has 0 aliphatic carbocycles. The van der Waals surface area contributed by atoms with Crippen molar-refractivity contribution >= 4 is 11.6 Å². The Labute approximate surface area is 102 Å². The van der Waals surface area contributed by atoms with Gasteiger partial charge in [-0.2, -0.15) is 0 Å². The van der Waals surface area contributed by atoms with Crippen molar-refractivity contribution in [1.29, 1.82) is 0 Å². The molecule has 1 amide bonds. The second-order valence-corrected chi connectivity index (χ2v) is 4.11. The Bertz CT molecular complexity index is 391. The van der Waals surface area contributed by atoms with E-state index in [-0.39, 0.29) is 0 Å². The lowest BCUT2D eigenvalue weighted by Gasteiger charge is -2.17. The molecule has 4 nitrogen and oxygen atoms in total. The number of primary amides is 1. The summed E-state index contributed by atoms with van der Waals surface area (Å²) in [4.78, 5) is 11.1. The monoisotopic (exact) mass is 236 g/mol. The maximum Gasteiger partial charge on any atom is 0.248 e. The van der Waals surface area contributed by atoms with Crippen LogP contribution in [0.15, 0.2) is 18.2 Å². The van der Waals surface area contributed by atoms with E-state index in [1.807, 2.05) is 0 Å². The van der Waals surface area contributed by atoms with Crippen molar-refractivity contribution < 1.29 is 9.53 Å². The third-order valence-electron chi connectivity index (χ3n) is 2.61. The van der Waals surface area contributed by atoms with Crippen molar-refractivity contribution in [3.05, 3.63) is 23.8 Å². The van der Waals surface area contributed by atoms with E-state index in [0.717, 1.165) is 24.3 Å². The smallest absolute Gasteiger partial charge is 0.248 e. The summed E-state index contributed by atoms with van der Waals surface area (Å²) < 4.78 is 5.24. The van der Waals surface area contributed by atoms with Gasteiger partial charge >= 0.3 is 0 Å². The Hall–Kier alpha value is -1.71. The number of hydrogen-bond donors (Lipinski definition) is 2. The van der Waals surface area contributed by atoms with Gasteiger partial charge in [0.2, 0.25) is 5.91 Å². The molecule has 1 atom stereocenters. The lowest BCUT2D eigenvalue weighted by Crippen LogP contribution is -2.17. The summed E-state index contributed by atoms with van der Waals surface area (Å²) >= 11 is 0. The molecular weight excluding hydrogens is 216 g/mol. The van der Waals surface area contributed by atoms with Gasteiger partial charge in [0.1, 0.15) is 5.75 Å². The highest BCUT2D eigenvalue weighted by Crippen LogP contribution is 2.26. The van der Waals surface area contributed by atoms with Gasteiger partial charge in [-0.05, 0) is 31.5 Å². The first-order chi connectivity index (χ1) is 8.08. The fourth-order valence-corrected chi connectivity index (χ4v) is 1.74. The zero-order valence-corrected chi connectivity index (χ0v) is 10.6. The van der Waals surface area contributed by atoms with E-state index < -0.39 is 5.91 Å². The number of methoxy groups -OCH3 is 1. The van der Waals surface area contributed by atoms with Crippen molar-refractivity contribution in [1.82, 2.24) is 0 Å². The van der Waals surface area contributed by atoms with Crippen molar-refractivity contribution in [2.75, 3.05) is 12.4 Å². The minimum atomic E-state index is -0.432. The predicted molar refractivity (Wildman–Crippen MR) is 69.5 cm³/mol. The minimum Gasteiger partial charge on any atom is -0.495 e. The molecule has 0 aliphatic rings. The van der Waals surface area contributed by atoms with Crippen LogP contribution in [0, 0.1) is 0 Å². The number of carbonyl (C=O) groups is 1. The number of hydrogen-bond acceptors (Lipinski definition) is 3. The third-order valence-corrected chi connectivity index (χ3v) is 2.61. The first-order valence-electron chi connectivity index (χ1n) is 5.82. The largest absolute Gasteiger partial charge is 0.495 e. The van der Waals surface area contributed by atoms with Crippen molar-refractivity contribution in [3.8, 4) is 5.75 Å². The summed E-state index contributed by atoms with van der Waals surface area (Å²) in [7, 11) is 1.61. The molecule has 0 spiro atoms. The molecule has 0 radical (unpaired) electrons. The normalized spacial score (nSPS) is 11.9. The molecule has 0 aliphatic heterocycles. The lowest BCUT2D eigenvalue weighted by molar-refractivity contribution is 0.100. The number of rotatable bonds is 6. The van der Waals surface area contributed by atoms with Crippen LogP contribution in [0.5, 0.6) is 5.75 Å². The summed E-state index contributed by atoms with van der Waals surface area (Å²) in [6.07, 6.45) is 2.16. The average molecular weight is 236 g/mol. The zero-order valence-electron chi connectivity index (χ0n) is 10.6. The molecule has 1 unspecified atom stereocenters. The fraction of sp³-hybridized carbons (Fsp3) is 0.462. The Kier molecular flexibility index (Phi) is 4.82. The average Bonchev–Trinajstić information content (AvgIpc) is 2.29. The summed E-state index contributed by atoms with van der Waals surface area (Å²) in [5.74, 6) is 0.289. The second kappa shape index (κ2) is 6.13. The van der Waals surface area contributed by atoms with Gasteiger partial charge in [-0.3, -0.25) is 4.79 Å². The Morgan fingerprint density at radius 1 is 1.53 bits per heavy atom. The highest BCUT2D eigenvalue weighted by Gasteiger charge is 2.09. The quantitative estimate of drug-likeness (QED) is 0.797. The maximum atomic E-state index is 11.1. The van der Waals surface area contributed by atoms with E-state index in [4.69, 9.17) is 10.5 Å². The van der Waals surface area contributed by atoms with Crippen LogP contribution in [0.1, 0.15) is 37.0 Å². The second-order valence-electron chi connectivity index (χ2n) is 4.11. The van der Waals surface area contributed by atoms with Crippen LogP contribution in [0.3, 0.4) is 0 Å². The van der Waals surface area contributed by atoms with Gasteiger partial charge < -0.3 is 15.8 Å². The number of anilines is 1. The molecule has 17 heavy (non-hydrogen) atoms. The topological polar surface area (TPSA) is 64.3 Å². The zero-order chi connectivity index (χ0) is 12.8. The van der Waals surface area contributed by atoms with Crippen LogP contribution in [0.4, 0.5) is 5.69 Å². The highest BCUT2D eigenvalue weighted by molar-refractivity contribution is 5.94. The van der Waals surface area contributed by atoms with Gasteiger partial charge in [0, 0.05) is 11.6 Å². The van der Waals surface area contributed by atoms with E-state index >= 15 is 0 Å². The van der Waals surface area contributed by atoms with Crippen molar-refractivity contribution in [2.24, 2.45) is 5.73 Å². The van der Waals surface area contributed by atoms with E-state index in [2.05, 4.69) is 19.2 Å². The third kappa shape index (κ3) is 3.66. The molecule has 0 fully saturated rings. The van der Waals surface area contributed by atoms with Gasteiger partial charge in [-0.25, -0.2) is 0 Å². The van der Waals surface area contributed by atoms with Crippen LogP contribution in [-0.4, -0.2) is 19.1 Å². The molecule has 4 heteroatoms. The van der Waals surface area contributed by atoms with Crippen LogP contribution >= 0.6 is 0 Å². The molecule has 0 saturated carbocycles. The molecular formula is C13H20N2O2. The van der Waals surface area contributed by atoms with E-state index in [0.29, 0.717) is 11.6 Å². The molecule has 1 rings (SSSR count). The van der Waals surface area contributed by atoms with Crippen molar-refractivity contribution in [3.63, 3.8) is 0 Å². The van der Waals surface area contributed by atoms with E-state index in [1.165, 1.54) is 0 Å². The van der Waals surface area contributed by atoms with Gasteiger partial charge in [-0.15, -0.1) is 0 Å². The standard InChI is InChI=1S/C13H20N2O2/c1-4-5-9(2)15-11-8-10(13(14)16)6-7-12(11)17-3/h6-9,15H,4-5H2,1-3H3,(H2,14,16). The molecule has 94 valence electrons. The number of nitrogens with one attached hydrogen (secondary N) is 1. The maximum absolute atomic E-state index is 11.1. The first kappa shape index (κ1) is 13.4. The van der Waals surface area contributed by atoms with Gasteiger partial charge in [0.05, 0.1) is 12.8 Å². The molecule has 3 N–H and O–H groups in total. The fourth-order valence-electron chi connectivity index (χ4n) is 1.74. The Morgan fingerprint density at radius 2 is 2.24 bits per heavy atom. The van der Waals surface area contributed by atoms with Crippen LogP contribution < -0.4 is 15.8 Å². The minimum absolute atomic E-state index is 0.331. The lowest BCUT2D eigenvalue weighted by atomic mass is 10.1. The number of amides is 1.